The molecule has 10 nitrogen and oxygen atoms in total. The SMILES string of the molecule is COCCOc1ccc(Nc2nc(N3CCC[C@@H](NC(C)=O)C3)cnc2C(N)=O)cc1. The van der Waals surface area contributed by atoms with Crippen LogP contribution in [0.4, 0.5) is 17.3 Å². The average Bonchev–Trinajstić information content (AvgIpc) is 2.75. The first-order chi connectivity index (χ1) is 15.0. The average molecular weight is 428 g/mol. The number of benzene rings is 1. The molecule has 0 spiro atoms. The Kier molecular flexibility index (Phi) is 7.60. The summed E-state index contributed by atoms with van der Waals surface area (Å²) in [6.45, 7) is 3.88. The summed E-state index contributed by atoms with van der Waals surface area (Å²) in [4.78, 5) is 34.1. The highest BCUT2D eigenvalue weighted by Gasteiger charge is 2.23. The summed E-state index contributed by atoms with van der Waals surface area (Å²) < 4.78 is 10.5. The van der Waals surface area contributed by atoms with Crippen LogP contribution in [-0.2, 0) is 9.53 Å². The summed E-state index contributed by atoms with van der Waals surface area (Å²) in [6.07, 6.45) is 3.36. The van der Waals surface area contributed by atoms with Crippen molar-refractivity contribution in [2.24, 2.45) is 5.73 Å². The van der Waals surface area contributed by atoms with Gasteiger partial charge in [-0.15, -0.1) is 0 Å². The van der Waals surface area contributed by atoms with Crippen LogP contribution in [0.5, 0.6) is 5.75 Å². The van der Waals surface area contributed by atoms with E-state index in [0.717, 1.165) is 19.4 Å². The van der Waals surface area contributed by atoms with Gasteiger partial charge in [0.1, 0.15) is 18.2 Å². The maximum absolute atomic E-state index is 11.9. The fraction of sp³-hybridized carbons (Fsp3) is 0.429. The third kappa shape index (κ3) is 6.29. The molecular weight excluding hydrogens is 400 g/mol. The number of rotatable bonds is 9. The van der Waals surface area contributed by atoms with E-state index in [1.165, 1.54) is 13.1 Å². The fourth-order valence-corrected chi connectivity index (χ4v) is 3.40. The van der Waals surface area contributed by atoms with Gasteiger partial charge in [0.15, 0.2) is 11.5 Å². The number of primary amides is 1. The van der Waals surface area contributed by atoms with Crippen LogP contribution < -0.4 is 26.0 Å². The van der Waals surface area contributed by atoms with Gasteiger partial charge in [0, 0.05) is 38.9 Å². The number of piperidine rings is 1. The van der Waals surface area contributed by atoms with Crippen LogP contribution >= 0.6 is 0 Å². The summed E-state index contributed by atoms with van der Waals surface area (Å²) in [5.41, 5.74) is 6.26. The molecular formula is C21H28N6O4. The second-order valence-corrected chi connectivity index (χ2v) is 7.27. The molecule has 0 radical (unpaired) electrons. The van der Waals surface area contributed by atoms with E-state index in [0.29, 0.717) is 37.0 Å². The number of anilines is 3. The molecule has 1 atom stereocenters. The number of nitrogens with one attached hydrogen (secondary N) is 2. The minimum absolute atomic E-state index is 0.0472. The van der Waals surface area contributed by atoms with E-state index < -0.39 is 5.91 Å². The van der Waals surface area contributed by atoms with Crippen molar-refractivity contribution in [3.63, 3.8) is 0 Å². The van der Waals surface area contributed by atoms with E-state index in [4.69, 9.17) is 15.2 Å². The molecule has 1 aliphatic rings. The number of ether oxygens (including phenoxy) is 2. The molecule has 1 saturated heterocycles. The van der Waals surface area contributed by atoms with Gasteiger partial charge in [0.05, 0.1) is 12.8 Å². The molecule has 2 aromatic rings. The summed E-state index contributed by atoms with van der Waals surface area (Å²) in [5, 5.41) is 6.07. The standard InChI is InChI=1S/C21H28N6O4/c1-14(28)24-16-4-3-9-27(13-16)18-12-23-19(20(22)29)21(26-18)25-15-5-7-17(8-6-15)31-11-10-30-2/h5-8,12,16H,3-4,9-11,13H2,1-2H3,(H2,22,29)(H,24,28)(H,25,26)/t16-/m1/s1. The zero-order valence-corrected chi connectivity index (χ0v) is 17.8. The molecule has 0 bridgehead atoms. The fourth-order valence-electron chi connectivity index (χ4n) is 3.40. The van der Waals surface area contributed by atoms with Gasteiger partial charge >= 0.3 is 0 Å². The summed E-state index contributed by atoms with van der Waals surface area (Å²) in [7, 11) is 1.62. The quantitative estimate of drug-likeness (QED) is 0.512. The Morgan fingerprint density at radius 1 is 1.26 bits per heavy atom. The highest BCUT2D eigenvalue weighted by Crippen LogP contribution is 2.24. The van der Waals surface area contributed by atoms with Crippen LogP contribution in [0.3, 0.4) is 0 Å². The predicted molar refractivity (Wildman–Crippen MR) is 117 cm³/mol. The highest BCUT2D eigenvalue weighted by molar-refractivity contribution is 5.96. The summed E-state index contributed by atoms with van der Waals surface area (Å²) in [6, 6.07) is 7.29. The molecule has 2 heterocycles. The molecule has 166 valence electrons. The second-order valence-electron chi connectivity index (χ2n) is 7.27. The van der Waals surface area contributed by atoms with Gasteiger partial charge in [-0.05, 0) is 37.1 Å². The first-order valence-electron chi connectivity index (χ1n) is 10.1. The number of hydrogen-bond donors (Lipinski definition) is 3. The zero-order valence-electron chi connectivity index (χ0n) is 17.8. The molecule has 1 aromatic heterocycles. The largest absolute Gasteiger partial charge is 0.491 e. The summed E-state index contributed by atoms with van der Waals surface area (Å²) in [5.74, 6) is 0.867. The van der Waals surface area contributed by atoms with Crippen molar-refractivity contribution in [1.29, 1.82) is 0 Å². The molecule has 3 rings (SSSR count). The summed E-state index contributed by atoms with van der Waals surface area (Å²) >= 11 is 0. The minimum atomic E-state index is -0.671. The number of amides is 2. The zero-order chi connectivity index (χ0) is 22.2. The lowest BCUT2D eigenvalue weighted by atomic mass is 10.1. The molecule has 0 unspecified atom stereocenters. The van der Waals surface area contributed by atoms with Gasteiger partial charge in [-0.3, -0.25) is 9.59 Å². The van der Waals surface area contributed by atoms with Gasteiger partial charge < -0.3 is 30.7 Å². The van der Waals surface area contributed by atoms with Gasteiger partial charge in [-0.25, -0.2) is 9.97 Å². The van der Waals surface area contributed by atoms with E-state index in [-0.39, 0.29) is 23.5 Å². The van der Waals surface area contributed by atoms with Crippen molar-refractivity contribution in [3.8, 4) is 5.75 Å². The van der Waals surface area contributed by atoms with Crippen molar-refractivity contribution >= 4 is 29.1 Å². The Bertz CT molecular complexity index is 905. The lowest BCUT2D eigenvalue weighted by Gasteiger charge is -2.33. The van der Waals surface area contributed by atoms with Crippen molar-refractivity contribution in [2.45, 2.75) is 25.8 Å². The van der Waals surface area contributed by atoms with E-state index in [2.05, 4.69) is 20.6 Å². The Labute approximate surface area is 181 Å². The van der Waals surface area contributed by atoms with Crippen LogP contribution in [0.1, 0.15) is 30.3 Å². The van der Waals surface area contributed by atoms with Crippen molar-refractivity contribution in [3.05, 3.63) is 36.2 Å². The van der Waals surface area contributed by atoms with Gasteiger partial charge in [0.25, 0.3) is 5.91 Å². The molecule has 31 heavy (non-hydrogen) atoms. The molecule has 4 N–H and O–H groups in total. The number of methoxy groups -OCH3 is 1. The third-order valence-electron chi connectivity index (χ3n) is 4.82. The number of nitrogens with zero attached hydrogens (tertiary/aromatic N) is 3. The van der Waals surface area contributed by atoms with E-state index in [1.54, 1.807) is 7.11 Å². The number of aromatic nitrogens is 2. The first kappa shape index (κ1) is 22.3. The van der Waals surface area contributed by atoms with Crippen LogP contribution in [-0.4, -0.2) is 61.2 Å². The maximum Gasteiger partial charge on any atom is 0.271 e. The van der Waals surface area contributed by atoms with Gasteiger partial charge in [-0.2, -0.15) is 0 Å². The predicted octanol–water partition coefficient (Wildman–Crippen LogP) is 1.45. The number of hydrogen-bond acceptors (Lipinski definition) is 8. The van der Waals surface area contributed by atoms with Crippen LogP contribution in [0.25, 0.3) is 0 Å². The second kappa shape index (κ2) is 10.6. The monoisotopic (exact) mass is 428 g/mol. The first-order valence-corrected chi connectivity index (χ1v) is 10.1. The van der Waals surface area contributed by atoms with E-state index in [1.807, 2.05) is 29.2 Å². The van der Waals surface area contributed by atoms with Crippen LogP contribution in [0, 0.1) is 0 Å². The minimum Gasteiger partial charge on any atom is -0.491 e. The van der Waals surface area contributed by atoms with Gasteiger partial charge in [0.2, 0.25) is 5.91 Å². The highest BCUT2D eigenvalue weighted by atomic mass is 16.5. The Balaban J connectivity index is 1.76. The van der Waals surface area contributed by atoms with Crippen molar-refractivity contribution in [2.75, 3.05) is 43.6 Å². The van der Waals surface area contributed by atoms with E-state index >= 15 is 0 Å². The van der Waals surface area contributed by atoms with Crippen molar-refractivity contribution < 1.29 is 19.1 Å². The molecule has 1 aliphatic heterocycles. The molecule has 1 aromatic carbocycles. The molecule has 2 amide bonds. The number of carbonyl (C=O) groups excluding carboxylic acids is 2. The Morgan fingerprint density at radius 3 is 2.71 bits per heavy atom. The van der Waals surface area contributed by atoms with Crippen LogP contribution in [0.2, 0.25) is 0 Å². The lowest BCUT2D eigenvalue weighted by Crippen LogP contribution is -2.47. The number of nitrogens with two attached hydrogens (primary N) is 1. The maximum atomic E-state index is 11.9. The molecule has 0 saturated carbocycles. The molecule has 10 heteroatoms. The van der Waals surface area contributed by atoms with E-state index in [9.17, 15) is 9.59 Å². The third-order valence-corrected chi connectivity index (χ3v) is 4.82. The topological polar surface area (TPSA) is 132 Å². The Hall–Kier alpha value is -3.40. The van der Waals surface area contributed by atoms with Crippen molar-refractivity contribution in [1.82, 2.24) is 15.3 Å². The lowest BCUT2D eigenvalue weighted by molar-refractivity contribution is -0.119. The normalized spacial score (nSPS) is 15.9. The smallest absolute Gasteiger partial charge is 0.271 e. The number of carbonyl (C=O) groups is 2. The molecule has 1 fully saturated rings. The molecule has 0 aliphatic carbocycles. The Morgan fingerprint density at radius 2 is 2.03 bits per heavy atom. The van der Waals surface area contributed by atoms with Crippen LogP contribution in [0.15, 0.2) is 30.5 Å². The van der Waals surface area contributed by atoms with Gasteiger partial charge in [-0.1, -0.05) is 0 Å².